The molecular formula is C30H34Cl2FN3O3. The first-order valence-corrected chi connectivity index (χ1v) is 14.7. The number of hydrogen-bond donors (Lipinski definition) is 3. The van der Waals surface area contributed by atoms with Crippen molar-refractivity contribution >= 4 is 40.7 Å². The van der Waals surface area contributed by atoms with Gasteiger partial charge in [0.2, 0.25) is 11.8 Å². The van der Waals surface area contributed by atoms with Crippen molar-refractivity contribution in [1.82, 2.24) is 10.2 Å². The van der Waals surface area contributed by atoms with Gasteiger partial charge in [-0.25, -0.2) is 4.39 Å². The van der Waals surface area contributed by atoms with Crippen LogP contribution in [-0.4, -0.2) is 51.6 Å². The van der Waals surface area contributed by atoms with Crippen LogP contribution in [0, 0.1) is 5.82 Å². The Labute approximate surface area is 238 Å². The highest BCUT2D eigenvalue weighted by molar-refractivity contribution is 6.31. The smallest absolute Gasteiger partial charge is 0.238 e. The van der Waals surface area contributed by atoms with Crippen molar-refractivity contribution in [1.29, 1.82) is 0 Å². The number of nitrogens with zero attached hydrogens (tertiary/aromatic N) is 1. The summed E-state index contributed by atoms with van der Waals surface area (Å²) >= 11 is 12.7. The number of amides is 2. The molecule has 2 aromatic rings. The van der Waals surface area contributed by atoms with Crippen molar-refractivity contribution in [3.05, 3.63) is 63.4 Å². The van der Waals surface area contributed by atoms with Gasteiger partial charge in [0, 0.05) is 28.2 Å². The molecule has 39 heavy (non-hydrogen) atoms. The van der Waals surface area contributed by atoms with Crippen LogP contribution < -0.4 is 10.6 Å². The van der Waals surface area contributed by atoms with E-state index in [1.54, 1.807) is 31.2 Å². The van der Waals surface area contributed by atoms with Crippen LogP contribution in [0.1, 0.15) is 75.8 Å². The average molecular weight is 575 g/mol. The van der Waals surface area contributed by atoms with Crippen LogP contribution in [0.25, 0.3) is 0 Å². The highest BCUT2D eigenvalue weighted by Gasteiger charge is 2.75. The molecule has 3 atom stereocenters. The Morgan fingerprint density at radius 2 is 1.90 bits per heavy atom. The summed E-state index contributed by atoms with van der Waals surface area (Å²) in [5.41, 5.74) is -1.13. The third-order valence-corrected chi connectivity index (χ3v) is 10.3. The molecule has 208 valence electrons. The largest absolute Gasteiger partial charge is 0.390 e. The van der Waals surface area contributed by atoms with E-state index in [4.69, 9.17) is 23.2 Å². The van der Waals surface area contributed by atoms with Crippen LogP contribution in [0.5, 0.6) is 0 Å². The number of anilines is 1. The van der Waals surface area contributed by atoms with E-state index in [0.717, 1.165) is 24.8 Å². The van der Waals surface area contributed by atoms with E-state index in [1.807, 2.05) is 13.0 Å². The molecule has 4 aliphatic rings. The Bertz CT molecular complexity index is 1340. The van der Waals surface area contributed by atoms with Crippen LogP contribution in [-0.2, 0) is 15.0 Å². The Balaban J connectivity index is 1.61. The zero-order chi connectivity index (χ0) is 27.7. The minimum absolute atomic E-state index is 0.0424. The lowest BCUT2D eigenvalue weighted by Crippen LogP contribution is -2.62. The number of likely N-dealkylation sites (tertiary alicyclic amines) is 1. The molecule has 2 amide bonds. The molecule has 2 aliphatic heterocycles. The summed E-state index contributed by atoms with van der Waals surface area (Å²) in [7, 11) is 0. The summed E-state index contributed by atoms with van der Waals surface area (Å²) in [6, 6.07) is 9.22. The van der Waals surface area contributed by atoms with Gasteiger partial charge in [-0.1, -0.05) is 67.6 Å². The maximum absolute atomic E-state index is 16.1. The summed E-state index contributed by atoms with van der Waals surface area (Å²) in [6.07, 6.45) is 5.15. The monoisotopic (exact) mass is 573 g/mol. The summed E-state index contributed by atoms with van der Waals surface area (Å²) in [5, 5.41) is 17.0. The fraction of sp³-hybridized carbons (Fsp3) is 0.533. The van der Waals surface area contributed by atoms with Crippen molar-refractivity contribution in [2.24, 2.45) is 0 Å². The fourth-order valence-corrected chi connectivity index (χ4v) is 8.80. The van der Waals surface area contributed by atoms with E-state index in [0.29, 0.717) is 42.9 Å². The zero-order valence-electron chi connectivity index (χ0n) is 22.2. The van der Waals surface area contributed by atoms with E-state index in [2.05, 4.69) is 15.5 Å². The molecule has 3 fully saturated rings. The SMILES string of the molecule is CCN1[C@@H](C(=O)N[C@H]2C[C@@](C)(O)C2)[C@H](c2cccc(Cl)c2F)[C@]2(C(=O)Nc3cc(Cl)ccc32)C12CCCCC2. The van der Waals surface area contributed by atoms with E-state index in [1.165, 1.54) is 6.07 Å². The third kappa shape index (κ3) is 3.80. The normalized spacial score (nSPS) is 33.2. The minimum Gasteiger partial charge on any atom is -0.390 e. The molecule has 6 nitrogen and oxygen atoms in total. The number of carbonyl (C=O) groups is 2. The second-order valence-electron chi connectivity index (χ2n) is 12.0. The minimum atomic E-state index is -1.23. The first-order valence-electron chi connectivity index (χ1n) is 13.9. The highest BCUT2D eigenvalue weighted by atomic mass is 35.5. The van der Waals surface area contributed by atoms with Gasteiger partial charge in [-0.05, 0) is 68.5 Å². The van der Waals surface area contributed by atoms with Crippen LogP contribution >= 0.6 is 23.2 Å². The number of likely N-dealkylation sites (N-methyl/N-ethyl adjacent to an activating group) is 1. The maximum atomic E-state index is 16.1. The van der Waals surface area contributed by atoms with Gasteiger partial charge >= 0.3 is 0 Å². The van der Waals surface area contributed by atoms with Crippen molar-refractivity contribution in [3.8, 4) is 0 Å². The molecule has 2 heterocycles. The zero-order valence-corrected chi connectivity index (χ0v) is 23.7. The lowest BCUT2D eigenvalue weighted by atomic mass is 9.55. The number of aliphatic hydroxyl groups is 1. The van der Waals surface area contributed by atoms with Crippen molar-refractivity contribution in [3.63, 3.8) is 0 Å². The molecule has 0 aromatic heterocycles. The molecule has 2 spiro atoms. The molecule has 0 unspecified atom stereocenters. The number of benzene rings is 2. The van der Waals surface area contributed by atoms with Gasteiger partial charge < -0.3 is 15.7 Å². The second-order valence-corrected chi connectivity index (χ2v) is 12.9. The molecule has 1 saturated heterocycles. The standard InChI is InChI=1S/C30H34Cl2FN3O3/c1-3-36-25(26(37)34-18-15-28(2,39)16-18)23(19-8-7-9-21(32)24(19)33)30(29(36)12-5-4-6-13-29)20-11-10-17(31)14-22(20)35-27(30)38/h7-11,14,18,23,25,39H,3-6,12-13,15-16H2,1-2H3,(H,34,37)(H,35,38)/t18-,23-,25+,28+,30+/m0/s1. The molecule has 9 heteroatoms. The lowest BCUT2D eigenvalue weighted by Gasteiger charge is -2.50. The molecular weight excluding hydrogens is 540 g/mol. The number of rotatable bonds is 4. The molecule has 2 saturated carbocycles. The Kier molecular flexibility index (Phi) is 6.53. The molecule has 6 rings (SSSR count). The number of halogens is 3. The molecule has 2 aliphatic carbocycles. The molecule has 3 N–H and O–H groups in total. The van der Waals surface area contributed by atoms with E-state index >= 15 is 4.39 Å². The molecule has 0 bridgehead atoms. The number of fused-ring (bicyclic) bond motifs is 3. The summed E-state index contributed by atoms with van der Waals surface area (Å²) in [5.74, 6) is -1.92. The lowest BCUT2D eigenvalue weighted by molar-refractivity contribution is -0.132. The van der Waals surface area contributed by atoms with E-state index in [-0.39, 0.29) is 28.4 Å². The van der Waals surface area contributed by atoms with Crippen LogP contribution in [0.2, 0.25) is 10.0 Å². The summed E-state index contributed by atoms with van der Waals surface area (Å²) < 4.78 is 16.1. The first-order chi connectivity index (χ1) is 18.6. The van der Waals surface area contributed by atoms with E-state index < -0.39 is 34.3 Å². The van der Waals surface area contributed by atoms with Gasteiger partial charge in [0.25, 0.3) is 0 Å². The third-order valence-electron chi connectivity index (χ3n) is 9.74. The van der Waals surface area contributed by atoms with Gasteiger partial charge in [0.15, 0.2) is 0 Å². The van der Waals surface area contributed by atoms with Crippen molar-refractivity contribution < 1.29 is 19.1 Å². The molecule has 0 radical (unpaired) electrons. The fourth-order valence-electron chi connectivity index (χ4n) is 8.44. The van der Waals surface area contributed by atoms with Gasteiger partial charge in [-0.15, -0.1) is 0 Å². The maximum Gasteiger partial charge on any atom is 0.238 e. The van der Waals surface area contributed by atoms with Crippen LogP contribution in [0.3, 0.4) is 0 Å². The first kappa shape index (κ1) is 27.0. The van der Waals surface area contributed by atoms with Gasteiger partial charge in [-0.2, -0.15) is 0 Å². The average Bonchev–Trinajstić information content (AvgIpc) is 3.29. The number of nitrogens with one attached hydrogen (secondary N) is 2. The van der Waals surface area contributed by atoms with Gasteiger partial charge in [-0.3, -0.25) is 14.5 Å². The predicted molar refractivity (Wildman–Crippen MR) is 150 cm³/mol. The number of carbonyl (C=O) groups excluding carboxylic acids is 2. The summed E-state index contributed by atoms with van der Waals surface area (Å²) in [4.78, 5) is 31.0. The second kappa shape index (κ2) is 9.44. The highest BCUT2D eigenvalue weighted by Crippen LogP contribution is 2.66. The Morgan fingerprint density at radius 3 is 2.56 bits per heavy atom. The summed E-state index contributed by atoms with van der Waals surface area (Å²) in [6.45, 7) is 4.27. The van der Waals surface area contributed by atoms with Crippen molar-refractivity contribution in [2.45, 2.75) is 93.3 Å². The topological polar surface area (TPSA) is 81.7 Å². The Morgan fingerprint density at radius 1 is 1.18 bits per heavy atom. The van der Waals surface area contributed by atoms with Crippen molar-refractivity contribution in [2.75, 3.05) is 11.9 Å². The number of hydrogen-bond acceptors (Lipinski definition) is 4. The quantitative estimate of drug-likeness (QED) is 0.448. The van der Waals surface area contributed by atoms with Gasteiger partial charge in [0.1, 0.15) is 11.2 Å². The van der Waals surface area contributed by atoms with Gasteiger partial charge in [0.05, 0.1) is 16.7 Å². The van der Waals surface area contributed by atoms with Crippen LogP contribution in [0.15, 0.2) is 36.4 Å². The van der Waals surface area contributed by atoms with Crippen LogP contribution in [0.4, 0.5) is 10.1 Å². The Hall–Kier alpha value is -2.19. The molecule has 2 aromatic carbocycles. The predicted octanol–water partition coefficient (Wildman–Crippen LogP) is 5.54. The van der Waals surface area contributed by atoms with E-state index in [9.17, 15) is 14.7 Å².